The summed E-state index contributed by atoms with van der Waals surface area (Å²) in [6.45, 7) is 5.27. The van der Waals surface area contributed by atoms with E-state index in [1.165, 1.54) is 0 Å². The number of fused-ring (bicyclic) bond motifs is 4. The number of carbonyl (C=O) groups excluding carboxylic acids is 2. The highest BCUT2D eigenvalue weighted by Crippen LogP contribution is 2.63. The van der Waals surface area contributed by atoms with Gasteiger partial charge in [0.25, 0.3) is 0 Å². The third-order valence-electron chi connectivity index (χ3n) is 12.9. The van der Waals surface area contributed by atoms with Crippen molar-refractivity contribution in [2.75, 3.05) is 13.2 Å². The van der Waals surface area contributed by atoms with E-state index in [1.807, 2.05) is 13.8 Å². The molecule has 10 aliphatic rings. The van der Waals surface area contributed by atoms with Crippen LogP contribution in [0.3, 0.4) is 0 Å². The lowest BCUT2D eigenvalue weighted by Crippen LogP contribution is -2.67. The Labute approximate surface area is 300 Å². The minimum absolute atomic E-state index is 0.0272. The maximum absolute atomic E-state index is 14.5. The molecule has 12 atom stereocenters. The third-order valence-corrected chi connectivity index (χ3v) is 12.9. The lowest BCUT2D eigenvalue weighted by molar-refractivity contribution is -0.558. The molecule has 0 aromatic carbocycles. The highest BCUT2D eigenvalue weighted by molar-refractivity contribution is 5.91. The molecule has 0 aromatic heterocycles. The lowest BCUT2D eigenvalue weighted by atomic mass is 9.59. The molecule has 0 N–H and O–H groups in total. The van der Waals surface area contributed by atoms with Gasteiger partial charge in [-0.3, -0.25) is 9.59 Å². The molecule has 2 saturated carbocycles. The largest absolute Gasteiger partial charge is 0.461 e. The van der Waals surface area contributed by atoms with Gasteiger partial charge in [0.1, 0.15) is 19.6 Å². The zero-order chi connectivity index (χ0) is 37.9. The molecule has 0 radical (unpaired) electrons. The predicted octanol–water partition coefficient (Wildman–Crippen LogP) is 6.59. The van der Waals surface area contributed by atoms with Crippen LogP contribution in [0.1, 0.15) is 85.5 Å². The van der Waals surface area contributed by atoms with Gasteiger partial charge in [-0.15, -0.1) is 0 Å². The van der Waals surface area contributed by atoms with Crippen molar-refractivity contribution in [3.8, 4) is 0 Å². The Morgan fingerprint density at radius 3 is 1.42 bits per heavy atom. The Balaban J connectivity index is 0.990. The Morgan fingerprint density at radius 1 is 0.642 bits per heavy atom. The first-order valence-corrected chi connectivity index (χ1v) is 18.1. The maximum Gasteiger partial charge on any atom is 0.449 e. The highest BCUT2D eigenvalue weighted by atomic mass is 19.4. The van der Waals surface area contributed by atoms with E-state index < -0.39 is 114 Å². The molecule has 2 spiro atoms. The number of carbonyl (C=O) groups is 2. The average molecular weight is 769 g/mol. The van der Waals surface area contributed by atoms with Crippen LogP contribution in [0.2, 0.25) is 0 Å². The first kappa shape index (κ1) is 37.3. The van der Waals surface area contributed by atoms with Crippen molar-refractivity contribution >= 4 is 11.9 Å². The van der Waals surface area contributed by atoms with Gasteiger partial charge in [-0.2, -0.15) is 26.3 Å². The van der Waals surface area contributed by atoms with Crippen LogP contribution in [0.4, 0.5) is 26.3 Å². The number of hydrogen-bond donors (Lipinski definition) is 0. The third kappa shape index (κ3) is 5.87. The average Bonchev–Trinajstić information content (AvgIpc) is 3.45. The number of ether oxygens (including phenoxy) is 6. The van der Waals surface area contributed by atoms with Crippen LogP contribution in [0, 0.1) is 35.5 Å². The molecule has 8 fully saturated rings. The molecule has 53 heavy (non-hydrogen) atoms. The van der Waals surface area contributed by atoms with Gasteiger partial charge in [0.05, 0.1) is 0 Å². The first-order chi connectivity index (χ1) is 24.8. The van der Waals surface area contributed by atoms with E-state index in [0.717, 1.165) is 0 Å². The van der Waals surface area contributed by atoms with Gasteiger partial charge in [-0.1, -0.05) is 13.8 Å². The second kappa shape index (κ2) is 12.4. The normalized spacial score (nSPS) is 44.6. The summed E-state index contributed by atoms with van der Waals surface area (Å²) >= 11 is 0. The Hall–Kier alpha value is -2.64. The predicted molar refractivity (Wildman–Crippen MR) is 160 cm³/mol. The summed E-state index contributed by atoms with van der Waals surface area (Å²) in [4.78, 5) is 48.9. The molecule has 6 saturated heterocycles. The molecule has 2 aliphatic carbocycles. The van der Waals surface area contributed by atoms with Crippen LogP contribution in [0.25, 0.3) is 0 Å². The lowest BCUT2D eigenvalue weighted by Gasteiger charge is -2.57. The van der Waals surface area contributed by atoms with Gasteiger partial charge in [-0.05, 0) is 64.2 Å². The molecule has 0 amide bonds. The second-order valence-corrected chi connectivity index (χ2v) is 16.2. The van der Waals surface area contributed by atoms with Gasteiger partial charge in [0.2, 0.25) is 35.7 Å². The minimum atomic E-state index is -4.99. The van der Waals surface area contributed by atoms with Gasteiger partial charge in [0, 0.05) is 47.7 Å². The number of allylic oxidation sites excluding steroid dienone is 2. The maximum atomic E-state index is 14.5. The van der Waals surface area contributed by atoms with Crippen LogP contribution >= 0.6 is 0 Å². The zero-order valence-electron chi connectivity index (χ0n) is 29.6. The molecular weight excluding hydrogens is 726 g/mol. The van der Waals surface area contributed by atoms with Gasteiger partial charge >= 0.3 is 24.3 Å². The van der Waals surface area contributed by atoms with Gasteiger partial charge in [0.15, 0.2) is 11.2 Å². The summed E-state index contributed by atoms with van der Waals surface area (Å²) in [6.07, 6.45) is -10.7. The van der Waals surface area contributed by atoms with E-state index in [0.29, 0.717) is 38.5 Å². The summed E-state index contributed by atoms with van der Waals surface area (Å²) in [7, 11) is 0. The second-order valence-electron chi connectivity index (χ2n) is 16.2. The number of rotatable bonds is 6. The molecule has 10 rings (SSSR count). The fraction of sp³-hybridized carbons (Fsp3) is 0.829. The number of halogens is 6. The van der Waals surface area contributed by atoms with E-state index in [4.69, 9.17) is 48.0 Å². The summed E-state index contributed by atoms with van der Waals surface area (Å²) in [6, 6.07) is 0. The number of hydrogen-bond acceptors (Lipinski definition) is 12. The van der Waals surface area contributed by atoms with E-state index in [1.54, 1.807) is 13.8 Å². The van der Waals surface area contributed by atoms with Crippen molar-refractivity contribution in [1.82, 2.24) is 0 Å². The number of esters is 2. The number of alkyl halides is 6. The van der Waals surface area contributed by atoms with E-state index in [-0.39, 0.29) is 36.5 Å². The van der Waals surface area contributed by atoms with Gasteiger partial charge < -0.3 is 28.4 Å². The van der Waals surface area contributed by atoms with E-state index in [2.05, 4.69) is 0 Å². The fourth-order valence-corrected chi connectivity index (χ4v) is 10.3. The molecule has 12 nitrogen and oxygen atoms in total. The molecule has 296 valence electrons. The molecule has 2 unspecified atom stereocenters. The summed E-state index contributed by atoms with van der Waals surface area (Å²) in [5, 5.41) is 0. The van der Waals surface area contributed by atoms with Crippen LogP contribution in [0.15, 0.2) is 22.7 Å². The monoisotopic (exact) mass is 768 g/mol. The first-order valence-electron chi connectivity index (χ1n) is 18.1. The van der Waals surface area contributed by atoms with Crippen molar-refractivity contribution in [2.24, 2.45) is 35.5 Å². The molecule has 0 aromatic rings. The smallest absolute Gasteiger partial charge is 0.449 e. The van der Waals surface area contributed by atoms with Gasteiger partial charge in [-0.25, -0.2) is 19.6 Å². The molecule has 4 bridgehead atoms. The SMILES string of the molecule is C[C@@H]1CC[C@H]2C(COC(=O)CC(=O)OCC3=C(C(F)(F)F)O[C@@H]4O[C@@]5(C)CCC6[C@H](C)CC[C@@H]3[C@]64OO5)=C(C(F)(F)F)O[C@@H]3O[C@@]4(C)CCC1[C@]32OO4. The molecule has 8 aliphatic heterocycles. The van der Waals surface area contributed by atoms with Crippen LogP contribution in [-0.2, 0) is 57.6 Å². The standard InChI is InChI=1S/C35H42F6O12/c1-16-5-7-22-18(26(34(36,37)38)46-28-32(22)20(16)9-11-30(3,48-28)50-52-32)14-44-24(42)13-25(43)45-15-19-23-8-6-17(2)21-10-12-31(4)49-29(33(21,23)53-51-31)47-27(19)35(39,40)41/h16-17,20-23,28-29H,5-15H2,1-4H3/t16-,17-,20?,21?,22+,23+,28-,29-,30-,31-,32-,33-/m1/s1. The van der Waals surface area contributed by atoms with E-state index >= 15 is 0 Å². The molecule has 18 heteroatoms. The summed E-state index contributed by atoms with van der Waals surface area (Å²) in [5.74, 6) is -10.4. The summed E-state index contributed by atoms with van der Waals surface area (Å²) in [5.41, 5.74) is -3.68. The van der Waals surface area contributed by atoms with Crippen molar-refractivity contribution < 1.29 is 83.9 Å². The van der Waals surface area contributed by atoms with Crippen molar-refractivity contribution in [3.05, 3.63) is 22.7 Å². The Morgan fingerprint density at radius 2 is 1.04 bits per heavy atom. The molecule has 8 heterocycles. The van der Waals surface area contributed by atoms with Crippen LogP contribution in [-0.4, -0.2) is 72.9 Å². The van der Waals surface area contributed by atoms with Crippen LogP contribution in [0.5, 0.6) is 0 Å². The van der Waals surface area contributed by atoms with Crippen molar-refractivity contribution in [1.29, 1.82) is 0 Å². The molecular formula is C35H42F6O12. The van der Waals surface area contributed by atoms with Crippen molar-refractivity contribution in [3.63, 3.8) is 0 Å². The van der Waals surface area contributed by atoms with Crippen LogP contribution < -0.4 is 0 Å². The fourth-order valence-electron chi connectivity index (χ4n) is 10.3. The Bertz CT molecular complexity index is 1480. The highest BCUT2D eigenvalue weighted by Gasteiger charge is 2.72. The van der Waals surface area contributed by atoms with Crippen molar-refractivity contribution in [2.45, 2.75) is 133 Å². The van der Waals surface area contributed by atoms with E-state index in [9.17, 15) is 35.9 Å². The topological polar surface area (TPSA) is 126 Å². The quantitative estimate of drug-likeness (QED) is 0.125. The zero-order valence-corrected chi connectivity index (χ0v) is 29.6. The Kier molecular flexibility index (Phi) is 8.75. The minimum Gasteiger partial charge on any atom is -0.461 e. The summed E-state index contributed by atoms with van der Waals surface area (Å²) < 4.78 is 120.